The van der Waals surface area contributed by atoms with Gasteiger partial charge in [-0.05, 0) is 46.5 Å². The van der Waals surface area contributed by atoms with Gasteiger partial charge in [-0.3, -0.25) is 9.69 Å². The molecular formula is C16H31N3O2. The largest absolute Gasteiger partial charge is 0.376 e. The average molecular weight is 297 g/mol. The zero-order valence-electron chi connectivity index (χ0n) is 13.9. The van der Waals surface area contributed by atoms with Crippen LogP contribution in [-0.4, -0.2) is 53.7 Å². The van der Waals surface area contributed by atoms with Crippen LogP contribution in [0.2, 0.25) is 0 Å². The van der Waals surface area contributed by atoms with Crippen LogP contribution in [0.15, 0.2) is 0 Å². The maximum Gasteiger partial charge on any atom is 0.237 e. The first-order valence-electron chi connectivity index (χ1n) is 8.30. The monoisotopic (exact) mass is 297 g/mol. The number of morpholine rings is 1. The third-order valence-electron chi connectivity index (χ3n) is 4.90. The van der Waals surface area contributed by atoms with Crippen LogP contribution in [-0.2, 0) is 9.53 Å². The molecule has 1 aliphatic carbocycles. The van der Waals surface area contributed by atoms with E-state index in [4.69, 9.17) is 10.5 Å². The fourth-order valence-corrected chi connectivity index (χ4v) is 3.38. The van der Waals surface area contributed by atoms with Crippen LogP contribution >= 0.6 is 0 Å². The highest BCUT2D eigenvalue weighted by molar-refractivity contribution is 5.84. The Morgan fingerprint density at radius 2 is 2.19 bits per heavy atom. The fourth-order valence-electron chi connectivity index (χ4n) is 3.38. The third-order valence-corrected chi connectivity index (χ3v) is 4.90. The van der Waals surface area contributed by atoms with Crippen LogP contribution in [0.5, 0.6) is 0 Å². The summed E-state index contributed by atoms with van der Waals surface area (Å²) in [7, 11) is 0. The highest BCUT2D eigenvalue weighted by Crippen LogP contribution is 2.27. The van der Waals surface area contributed by atoms with Gasteiger partial charge >= 0.3 is 0 Å². The van der Waals surface area contributed by atoms with Crippen LogP contribution in [0.4, 0.5) is 0 Å². The van der Waals surface area contributed by atoms with E-state index < -0.39 is 5.54 Å². The van der Waals surface area contributed by atoms with Crippen molar-refractivity contribution in [1.82, 2.24) is 10.2 Å². The summed E-state index contributed by atoms with van der Waals surface area (Å²) >= 11 is 0. The molecular weight excluding hydrogens is 266 g/mol. The number of primary amides is 1. The van der Waals surface area contributed by atoms with Gasteiger partial charge in [-0.15, -0.1) is 0 Å². The minimum Gasteiger partial charge on any atom is -0.376 e. The Balaban J connectivity index is 2.02. The van der Waals surface area contributed by atoms with Gasteiger partial charge in [-0.25, -0.2) is 0 Å². The summed E-state index contributed by atoms with van der Waals surface area (Å²) in [6.07, 6.45) is 4.39. The number of nitrogens with two attached hydrogens (primary N) is 1. The molecule has 3 N–H and O–H groups in total. The zero-order chi connectivity index (χ0) is 15.6. The highest BCUT2D eigenvalue weighted by Gasteiger charge is 2.40. The molecule has 0 bridgehead atoms. The number of amides is 1. The minimum atomic E-state index is -0.611. The molecule has 2 rings (SSSR count). The Hall–Kier alpha value is -0.650. The molecule has 0 aromatic rings. The molecule has 1 heterocycles. The van der Waals surface area contributed by atoms with Crippen LogP contribution in [0, 0.1) is 0 Å². The Kier molecular flexibility index (Phi) is 5.28. The molecule has 1 aliphatic heterocycles. The number of nitrogens with one attached hydrogen (secondary N) is 1. The van der Waals surface area contributed by atoms with Crippen molar-refractivity contribution in [3.05, 3.63) is 0 Å². The van der Waals surface area contributed by atoms with Gasteiger partial charge in [-0.1, -0.05) is 6.92 Å². The summed E-state index contributed by atoms with van der Waals surface area (Å²) in [6, 6.07) is 1.22. The van der Waals surface area contributed by atoms with E-state index in [1.54, 1.807) is 0 Å². The number of ether oxygens (including phenoxy) is 1. The normalized spacial score (nSPS) is 31.6. The first-order chi connectivity index (χ1) is 9.85. The number of carbonyl (C=O) groups excluding carboxylic acids is 1. The van der Waals surface area contributed by atoms with Crippen LogP contribution < -0.4 is 11.1 Å². The molecule has 4 atom stereocenters. The Morgan fingerprint density at radius 1 is 1.52 bits per heavy atom. The summed E-state index contributed by atoms with van der Waals surface area (Å²) in [5.74, 6) is -0.240. The number of nitrogens with zero attached hydrogens (tertiary/aromatic N) is 1. The summed E-state index contributed by atoms with van der Waals surface area (Å²) in [4.78, 5) is 14.4. The molecule has 4 unspecified atom stereocenters. The molecule has 5 heteroatoms. The summed E-state index contributed by atoms with van der Waals surface area (Å²) in [5.41, 5.74) is 5.06. The molecule has 2 aliphatic rings. The van der Waals surface area contributed by atoms with E-state index >= 15 is 0 Å². The lowest BCUT2D eigenvalue weighted by molar-refractivity contribution is -0.125. The van der Waals surface area contributed by atoms with Gasteiger partial charge in [0.05, 0.1) is 18.2 Å². The average Bonchev–Trinajstić information content (AvgIpc) is 3.22. The lowest BCUT2D eigenvalue weighted by Crippen LogP contribution is -2.59. The molecule has 0 aromatic heterocycles. The maximum atomic E-state index is 11.9. The zero-order valence-corrected chi connectivity index (χ0v) is 13.9. The van der Waals surface area contributed by atoms with E-state index in [1.165, 1.54) is 0 Å². The smallest absolute Gasteiger partial charge is 0.237 e. The van der Waals surface area contributed by atoms with E-state index in [-0.39, 0.29) is 12.0 Å². The van der Waals surface area contributed by atoms with Gasteiger partial charge in [0.25, 0.3) is 0 Å². The van der Waals surface area contributed by atoms with E-state index in [1.807, 2.05) is 6.92 Å². The molecule has 21 heavy (non-hydrogen) atoms. The van der Waals surface area contributed by atoms with E-state index in [0.29, 0.717) is 18.1 Å². The fraction of sp³-hybridized carbons (Fsp3) is 0.938. The number of carbonyl (C=O) groups is 1. The second kappa shape index (κ2) is 6.63. The van der Waals surface area contributed by atoms with Gasteiger partial charge in [0.15, 0.2) is 0 Å². The predicted octanol–water partition coefficient (Wildman–Crippen LogP) is 1.26. The first-order valence-corrected chi connectivity index (χ1v) is 8.30. The topological polar surface area (TPSA) is 67.6 Å². The second-order valence-electron chi connectivity index (χ2n) is 7.07. The number of hydrogen-bond donors (Lipinski definition) is 2. The van der Waals surface area contributed by atoms with Gasteiger partial charge in [-0.2, -0.15) is 0 Å². The predicted molar refractivity (Wildman–Crippen MR) is 84.0 cm³/mol. The van der Waals surface area contributed by atoms with E-state index in [9.17, 15) is 4.79 Å². The van der Waals surface area contributed by atoms with Gasteiger partial charge < -0.3 is 15.8 Å². The van der Waals surface area contributed by atoms with Crippen molar-refractivity contribution in [3.63, 3.8) is 0 Å². The molecule has 0 aromatic carbocycles. The van der Waals surface area contributed by atoms with Crippen molar-refractivity contribution in [3.8, 4) is 0 Å². The third kappa shape index (κ3) is 4.18. The second-order valence-corrected chi connectivity index (χ2v) is 7.07. The summed E-state index contributed by atoms with van der Waals surface area (Å²) in [5, 5.41) is 3.45. The van der Waals surface area contributed by atoms with Crippen molar-refractivity contribution in [2.75, 3.05) is 13.2 Å². The van der Waals surface area contributed by atoms with Crippen molar-refractivity contribution in [2.45, 2.75) is 83.1 Å². The molecule has 0 spiro atoms. The van der Waals surface area contributed by atoms with Gasteiger partial charge in [0.2, 0.25) is 5.91 Å². The molecule has 1 saturated carbocycles. The molecule has 5 nitrogen and oxygen atoms in total. The summed E-state index contributed by atoms with van der Waals surface area (Å²) in [6.45, 7) is 10.2. The van der Waals surface area contributed by atoms with Crippen LogP contribution in [0.25, 0.3) is 0 Å². The Bertz CT molecular complexity index is 373. The Labute approximate surface area is 128 Å². The van der Waals surface area contributed by atoms with Crippen molar-refractivity contribution < 1.29 is 9.53 Å². The van der Waals surface area contributed by atoms with Crippen molar-refractivity contribution >= 4 is 5.91 Å². The highest BCUT2D eigenvalue weighted by atomic mass is 16.5. The molecule has 2 fully saturated rings. The lowest BCUT2D eigenvalue weighted by atomic mass is 9.90. The Morgan fingerprint density at radius 3 is 2.71 bits per heavy atom. The molecule has 1 amide bonds. The molecule has 0 radical (unpaired) electrons. The lowest BCUT2D eigenvalue weighted by Gasteiger charge is -2.44. The van der Waals surface area contributed by atoms with Gasteiger partial charge in [0.1, 0.15) is 0 Å². The SMILES string of the molecule is CCC1COC(C)CN1C(C)CC(C)(NC1CC1)C(N)=O. The summed E-state index contributed by atoms with van der Waals surface area (Å²) < 4.78 is 5.76. The number of hydrogen-bond acceptors (Lipinski definition) is 4. The standard InChI is InChI=1S/C16H31N3O2/c1-5-14-10-21-12(3)9-19(14)11(2)8-16(4,15(17)20)18-13-6-7-13/h11-14,18H,5-10H2,1-4H3,(H2,17,20). The van der Waals surface area contributed by atoms with E-state index in [2.05, 4.69) is 31.0 Å². The van der Waals surface area contributed by atoms with Crippen molar-refractivity contribution in [2.24, 2.45) is 5.73 Å². The quantitative estimate of drug-likeness (QED) is 0.742. The maximum absolute atomic E-state index is 11.9. The number of rotatable bonds is 7. The minimum absolute atomic E-state index is 0.240. The molecule has 122 valence electrons. The van der Waals surface area contributed by atoms with Crippen LogP contribution in [0.3, 0.4) is 0 Å². The molecule has 1 saturated heterocycles. The van der Waals surface area contributed by atoms with E-state index in [0.717, 1.165) is 38.8 Å². The van der Waals surface area contributed by atoms with Crippen molar-refractivity contribution in [1.29, 1.82) is 0 Å². The van der Waals surface area contributed by atoms with Crippen LogP contribution in [0.1, 0.15) is 53.4 Å². The van der Waals surface area contributed by atoms with Gasteiger partial charge in [0, 0.05) is 24.7 Å². The first kappa shape index (κ1) is 16.7.